The highest BCUT2D eigenvalue weighted by Crippen LogP contribution is 2.44. The monoisotopic (exact) mass is 377 g/mol. The standard InChI is InChI=1S/C18H20ClN3S2/c19-15-4-2-1-3-14(15)11-22-7-8-24-18(22)21-17(23)20-16-10-12-5-6-13(16)9-12/h1-4,7-8,12-13,16H,5-6,9-11H2,(H,20,23)/t12-,13+,16+/m0/s1. The lowest BCUT2D eigenvalue weighted by Crippen LogP contribution is -2.37. The van der Waals surface area contributed by atoms with Gasteiger partial charge in [-0.25, -0.2) is 0 Å². The number of hydrogen-bond acceptors (Lipinski definition) is 2. The molecule has 3 nitrogen and oxygen atoms in total. The van der Waals surface area contributed by atoms with Gasteiger partial charge in [-0.05, 0) is 54.9 Å². The van der Waals surface area contributed by atoms with Crippen molar-refractivity contribution in [2.75, 3.05) is 0 Å². The first-order valence-electron chi connectivity index (χ1n) is 8.41. The van der Waals surface area contributed by atoms with E-state index < -0.39 is 0 Å². The summed E-state index contributed by atoms with van der Waals surface area (Å²) in [5.74, 6) is 1.70. The summed E-state index contributed by atoms with van der Waals surface area (Å²) >= 11 is 13.4. The molecule has 2 fully saturated rings. The number of nitrogens with one attached hydrogen (secondary N) is 1. The topological polar surface area (TPSA) is 29.3 Å². The van der Waals surface area contributed by atoms with Gasteiger partial charge in [0.05, 0.1) is 6.54 Å². The largest absolute Gasteiger partial charge is 0.358 e. The Labute approximate surface area is 156 Å². The summed E-state index contributed by atoms with van der Waals surface area (Å²) in [6.45, 7) is 0.707. The van der Waals surface area contributed by atoms with Gasteiger partial charge in [0, 0.05) is 22.6 Å². The van der Waals surface area contributed by atoms with Crippen LogP contribution in [0.25, 0.3) is 0 Å². The molecule has 0 amide bonds. The van der Waals surface area contributed by atoms with Crippen LogP contribution in [0.15, 0.2) is 40.8 Å². The smallest absolute Gasteiger partial charge is 0.195 e. The number of fused-ring (bicyclic) bond motifs is 2. The Morgan fingerprint density at radius 2 is 2.21 bits per heavy atom. The van der Waals surface area contributed by atoms with Crippen molar-refractivity contribution in [3.05, 3.63) is 51.2 Å². The molecule has 0 saturated heterocycles. The number of thiazole rings is 1. The summed E-state index contributed by atoms with van der Waals surface area (Å²) in [5, 5.41) is 6.92. The van der Waals surface area contributed by atoms with Crippen LogP contribution >= 0.6 is 35.2 Å². The van der Waals surface area contributed by atoms with Crippen LogP contribution in [0.1, 0.15) is 31.2 Å². The zero-order chi connectivity index (χ0) is 16.5. The highest BCUT2D eigenvalue weighted by Gasteiger charge is 2.39. The van der Waals surface area contributed by atoms with Crippen LogP contribution in [0.3, 0.4) is 0 Å². The first-order valence-corrected chi connectivity index (χ1v) is 10.1. The Kier molecular flexibility index (Phi) is 4.74. The number of thiocarbonyl (C=S) groups is 1. The maximum atomic E-state index is 6.27. The summed E-state index contributed by atoms with van der Waals surface area (Å²) in [7, 11) is 0. The van der Waals surface area contributed by atoms with Gasteiger partial charge >= 0.3 is 0 Å². The van der Waals surface area contributed by atoms with E-state index in [1.807, 2.05) is 35.8 Å². The van der Waals surface area contributed by atoms with E-state index in [4.69, 9.17) is 23.8 Å². The van der Waals surface area contributed by atoms with Crippen LogP contribution in [0.5, 0.6) is 0 Å². The van der Waals surface area contributed by atoms with Crippen LogP contribution in [0, 0.1) is 11.8 Å². The molecule has 1 N–H and O–H groups in total. The van der Waals surface area contributed by atoms with Gasteiger partial charge in [-0.1, -0.05) is 36.2 Å². The fourth-order valence-electron chi connectivity index (χ4n) is 4.02. The number of rotatable bonds is 3. The fourth-order valence-corrected chi connectivity index (χ4v) is 5.24. The van der Waals surface area contributed by atoms with Crippen LogP contribution in [-0.4, -0.2) is 15.7 Å². The first-order chi connectivity index (χ1) is 11.7. The average molecular weight is 378 g/mol. The third-order valence-electron chi connectivity index (χ3n) is 5.20. The molecule has 3 atom stereocenters. The SMILES string of the molecule is S=C(N=c1sccn1Cc1ccccc1Cl)N[C@@H]1C[C@H]2CC[C@@H]1C2. The van der Waals surface area contributed by atoms with E-state index in [0.29, 0.717) is 17.7 Å². The lowest BCUT2D eigenvalue weighted by atomic mass is 9.96. The fraction of sp³-hybridized carbons (Fsp3) is 0.444. The maximum Gasteiger partial charge on any atom is 0.195 e. The van der Waals surface area contributed by atoms with E-state index in [2.05, 4.69) is 14.9 Å². The molecule has 2 aliphatic rings. The Bertz CT molecular complexity index is 810. The van der Waals surface area contributed by atoms with Crippen molar-refractivity contribution in [3.63, 3.8) is 0 Å². The number of aromatic nitrogens is 1. The molecular weight excluding hydrogens is 358 g/mol. The minimum absolute atomic E-state index is 0.525. The molecule has 6 heteroatoms. The maximum absolute atomic E-state index is 6.27. The summed E-state index contributed by atoms with van der Waals surface area (Å²) in [4.78, 5) is 5.56. The summed E-state index contributed by atoms with van der Waals surface area (Å²) in [6, 6.07) is 8.44. The van der Waals surface area contributed by atoms with E-state index in [0.717, 1.165) is 27.2 Å². The normalized spacial score (nSPS) is 26.0. The van der Waals surface area contributed by atoms with E-state index in [1.165, 1.54) is 25.7 Å². The zero-order valence-electron chi connectivity index (χ0n) is 13.3. The highest BCUT2D eigenvalue weighted by molar-refractivity contribution is 7.80. The Hall–Kier alpha value is -1.17. The second-order valence-corrected chi connectivity index (χ2v) is 8.41. The van der Waals surface area contributed by atoms with Crippen molar-refractivity contribution >= 4 is 40.3 Å². The van der Waals surface area contributed by atoms with E-state index >= 15 is 0 Å². The van der Waals surface area contributed by atoms with Gasteiger partial charge in [-0.2, -0.15) is 4.99 Å². The summed E-state index contributed by atoms with van der Waals surface area (Å²) < 4.78 is 2.10. The third kappa shape index (κ3) is 3.44. The average Bonchev–Trinajstić information content (AvgIpc) is 3.27. The van der Waals surface area contributed by atoms with Gasteiger partial charge < -0.3 is 9.88 Å². The van der Waals surface area contributed by atoms with Crippen LogP contribution in [0.4, 0.5) is 0 Å². The van der Waals surface area contributed by atoms with Gasteiger partial charge in [-0.15, -0.1) is 11.3 Å². The summed E-state index contributed by atoms with van der Waals surface area (Å²) in [5.41, 5.74) is 1.09. The van der Waals surface area contributed by atoms with Crippen molar-refractivity contribution in [2.24, 2.45) is 16.8 Å². The minimum Gasteiger partial charge on any atom is -0.358 e. The molecule has 4 rings (SSSR count). The first kappa shape index (κ1) is 16.3. The van der Waals surface area contributed by atoms with E-state index in [-0.39, 0.29) is 0 Å². The third-order valence-corrected chi connectivity index (χ3v) is 6.57. The van der Waals surface area contributed by atoms with Crippen LogP contribution in [-0.2, 0) is 6.54 Å². The molecule has 2 bridgehead atoms. The lowest BCUT2D eigenvalue weighted by Gasteiger charge is -2.22. The molecule has 0 spiro atoms. The number of benzene rings is 1. The zero-order valence-corrected chi connectivity index (χ0v) is 15.7. The molecule has 2 aromatic rings. The molecule has 1 aromatic carbocycles. The van der Waals surface area contributed by atoms with Gasteiger partial charge in [-0.3, -0.25) is 0 Å². The van der Waals surface area contributed by atoms with Gasteiger partial charge in [0.2, 0.25) is 0 Å². The predicted octanol–water partition coefficient (Wildman–Crippen LogP) is 4.22. The molecule has 126 valence electrons. The Morgan fingerprint density at radius 3 is 2.96 bits per heavy atom. The summed E-state index contributed by atoms with van der Waals surface area (Å²) in [6.07, 6.45) is 7.40. The molecule has 1 aromatic heterocycles. The van der Waals surface area contributed by atoms with Crippen LogP contribution in [0.2, 0.25) is 5.02 Å². The quantitative estimate of drug-likeness (QED) is 0.811. The molecule has 0 unspecified atom stereocenters. The molecule has 24 heavy (non-hydrogen) atoms. The predicted molar refractivity (Wildman–Crippen MR) is 103 cm³/mol. The molecule has 2 saturated carbocycles. The van der Waals surface area contributed by atoms with Gasteiger partial charge in [0.15, 0.2) is 9.91 Å². The van der Waals surface area contributed by atoms with Gasteiger partial charge in [0.1, 0.15) is 0 Å². The minimum atomic E-state index is 0.525. The second-order valence-electron chi connectivity index (χ2n) is 6.75. The Morgan fingerprint density at radius 1 is 1.33 bits per heavy atom. The number of halogens is 1. The molecule has 2 aliphatic carbocycles. The van der Waals surface area contributed by atoms with E-state index in [1.54, 1.807) is 11.3 Å². The van der Waals surface area contributed by atoms with Gasteiger partial charge in [0.25, 0.3) is 0 Å². The molecule has 0 radical (unpaired) electrons. The van der Waals surface area contributed by atoms with Crippen molar-refractivity contribution in [3.8, 4) is 0 Å². The van der Waals surface area contributed by atoms with Crippen molar-refractivity contribution in [1.29, 1.82) is 0 Å². The van der Waals surface area contributed by atoms with Crippen molar-refractivity contribution in [2.45, 2.75) is 38.3 Å². The van der Waals surface area contributed by atoms with Crippen molar-refractivity contribution in [1.82, 2.24) is 9.88 Å². The highest BCUT2D eigenvalue weighted by atomic mass is 35.5. The van der Waals surface area contributed by atoms with E-state index in [9.17, 15) is 0 Å². The molecular formula is C18H20ClN3S2. The number of hydrogen-bond donors (Lipinski definition) is 1. The lowest BCUT2D eigenvalue weighted by molar-refractivity contribution is 0.391. The second kappa shape index (κ2) is 6.98. The van der Waals surface area contributed by atoms with Crippen LogP contribution < -0.4 is 10.1 Å². The molecule has 1 heterocycles. The molecule has 0 aliphatic heterocycles. The Balaban J connectivity index is 1.48. The number of nitrogens with zero attached hydrogens (tertiary/aromatic N) is 2. The van der Waals surface area contributed by atoms with Crippen molar-refractivity contribution < 1.29 is 0 Å².